The van der Waals surface area contributed by atoms with E-state index in [0.717, 1.165) is 34.3 Å². The second kappa shape index (κ2) is 4.70. The van der Waals surface area contributed by atoms with E-state index >= 15 is 0 Å². The first-order valence-corrected chi connectivity index (χ1v) is 6.76. The van der Waals surface area contributed by atoms with Crippen molar-refractivity contribution in [2.75, 3.05) is 13.1 Å². The maximum absolute atomic E-state index is 4.70. The van der Waals surface area contributed by atoms with Gasteiger partial charge in [0.05, 0.1) is 5.52 Å². The fourth-order valence-electron chi connectivity index (χ4n) is 2.30. The summed E-state index contributed by atoms with van der Waals surface area (Å²) in [5.74, 6) is 1.43. The number of nitrogens with zero attached hydrogens (tertiary/aromatic N) is 2. The highest BCUT2D eigenvalue weighted by Crippen LogP contribution is 2.25. The highest BCUT2D eigenvalue weighted by atomic mass is 79.9. The van der Waals surface area contributed by atoms with E-state index in [9.17, 15) is 0 Å². The molecule has 0 bridgehead atoms. The van der Waals surface area contributed by atoms with Gasteiger partial charge in [-0.2, -0.15) is 0 Å². The zero-order valence-corrected chi connectivity index (χ0v) is 11.1. The normalized spacial score (nSPS) is 20.6. The molecule has 1 aromatic heterocycles. The summed E-state index contributed by atoms with van der Waals surface area (Å²) in [7, 11) is 0. The molecule has 1 atom stereocenters. The Kier molecular flexibility index (Phi) is 3.07. The summed E-state index contributed by atoms with van der Waals surface area (Å²) in [6.07, 6.45) is 4.32. The number of hydrogen-bond donors (Lipinski definition) is 1. The van der Waals surface area contributed by atoms with Gasteiger partial charge in [0.25, 0.3) is 0 Å². The van der Waals surface area contributed by atoms with Gasteiger partial charge < -0.3 is 5.32 Å². The van der Waals surface area contributed by atoms with Crippen LogP contribution < -0.4 is 5.32 Å². The van der Waals surface area contributed by atoms with Crippen molar-refractivity contribution >= 4 is 26.8 Å². The third-order valence-corrected chi connectivity index (χ3v) is 3.88. The molecule has 1 N–H and O–H groups in total. The molecule has 0 aliphatic carbocycles. The van der Waals surface area contributed by atoms with E-state index < -0.39 is 0 Å². The van der Waals surface area contributed by atoms with E-state index in [0.29, 0.717) is 5.92 Å². The molecule has 1 saturated heterocycles. The highest BCUT2D eigenvalue weighted by molar-refractivity contribution is 9.10. The minimum Gasteiger partial charge on any atom is -0.316 e. The van der Waals surface area contributed by atoms with Crippen molar-refractivity contribution in [1.29, 1.82) is 0 Å². The summed E-state index contributed by atoms with van der Waals surface area (Å²) in [6, 6.07) is 6.08. The molecule has 3 rings (SSSR count). The van der Waals surface area contributed by atoms with E-state index in [-0.39, 0.29) is 0 Å². The average Bonchev–Trinajstić information content (AvgIpc) is 2.40. The van der Waals surface area contributed by atoms with Crippen molar-refractivity contribution in [2.24, 2.45) is 0 Å². The molecular formula is C13H14BrN3. The monoisotopic (exact) mass is 291 g/mol. The largest absolute Gasteiger partial charge is 0.316 e. The van der Waals surface area contributed by atoms with Crippen molar-refractivity contribution < 1.29 is 0 Å². The van der Waals surface area contributed by atoms with Gasteiger partial charge in [-0.05, 0) is 41.4 Å². The molecule has 88 valence electrons. The number of benzene rings is 1. The first-order valence-electron chi connectivity index (χ1n) is 5.96. The van der Waals surface area contributed by atoms with Crippen LogP contribution in [0.3, 0.4) is 0 Å². The molecule has 1 fully saturated rings. The maximum atomic E-state index is 4.70. The molecule has 1 unspecified atom stereocenters. The lowest BCUT2D eigenvalue weighted by Gasteiger charge is -2.21. The number of aromatic nitrogens is 2. The van der Waals surface area contributed by atoms with Crippen LogP contribution in [0.2, 0.25) is 0 Å². The lowest BCUT2D eigenvalue weighted by Crippen LogP contribution is -2.29. The summed E-state index contributed by atoms with van der Waals surface area (Å²) in [4.78, 5) is 9.20. The van der Waals surface area contributed by atoms with Crippen LogP contribution >= 0.6 is 15.9 Å². The van der Waals surface area contributed by atoms with Gasteiger partial charge in [-0.1, -0.05) is 12.1 Å². The van der Waals surface area contributed by atoms with Crippen LogP contribution in [0.4, 0.5) is 0 Å². The zero-order valence-electron chi connectivity index (χ0n) is 9.49. The van der Waals surface area contributed by atoms with Gasteiger partial charge in [0.15, 0.2) is 0 Å². The standard InChI is InChI=1S/C13H14BrN3/c14-11-5-1-3-9-8-16-13(17-12(9)11)10-4-2-6-15-7-10/h1,3,5,8,10,15H,2,4,6-7H2. The van der Waals surface area contributed by atoms with Gasteiger partial charge in [0.2, 0.25) is 0 Å². The third kappa shape index (κ3) is 2.19. The predicted octanol–water partition coefficient (Wildman–Crippen LogP) is 2.86. The molecule has 0 saturated carbocycles. The summed E-state index contributed by atoms with van der Waals surface area (Å²) < 4.78 is 1.04. The first kappa shape index (κ1) is 11.1. The minimum absolute atomic E-state index is 0.459. The SMILES string of the molecule is Brc1cccc2cnc(C3CCCNC3)nc12. The van der Waals surface area contributed by atoms with Crippen LogP contribution in [0.1, 0.15) is 24.6 Å². The number of halogens is 1. The molecule has 2 aromatic rings. The average molecular weight is 292 g/mol. The maximum Gasteiger partial charge on any atom is 0.133 e. The molecule has 17 heavy (non-hydrogen) atoms. The summed E-state index contributed by atoms with van der Waals surface area (Å²) in [6.45, 7) is 2.11. The fraction of sp³-hybridized carbons (Fsp3) is 0.385. The van der Waals surface area contributed by atoms with Gasteiger partial charge in [-0.25, -0.2) is 9.97 Å². The molecule has 0 radical (unpaired) electrons. The van der Waals surface area contributed by atoms with Crippen LogP contribution in [0.5, 0.6) is 0 Å². The first-order chi connectivity index (χ1) is 8.34. The Hall–Kier alpha value is -1.00. The number of hydrogen-bond acceptors (Lipinski definition) is 3. The Bertz CT molecular complexity index is 535. The molecule has 1 aliphatic heterocycles. The van der Waals surface area contributed by atoms with Crippen molar-refractivity contribution in [3.63, 3.8) is 0 Å². The van der Waals surface area contributed by atoms with E-state index in [2.05, 4.69) is 26.2 Å². The van der Waals surface area contributed by atoms with E-state index in [1.807, 2.05) is 24.4 Å². The van der Waals surface area contributed by atoms with Crippen LogP contribution in [-0.2, 0) is 0 Å². The number of nitrogens with one attached hydrogen (secondary N) is 1. The molecule has 0 spiro atoms. The summed E-state index contributed by atoms with van der Waals surface area (Å²) in [5.41, 5.74) is 1.02. The number of piperidine rings is 1. The predicted molar refractivity (Wildman–Crippen MR) is 72.1 cm³/mol. The molecule has 1 aromatic carbocycles. The second-order valence-electron chi connectivity index (χ2n) is 4.45. The third-order valence-electron chi connectivity index (χ3n) is 3.24. The Morgan fingerprint density at radius 1 is 1.35 bits per heavy atom. The van der Waals surface area contributed by atoms with Crippen LogP contribution in [0.15, 0.2) is 28.9 Å². The van der Waals surface area contributed by atoms with Crippen molar-refractivity contribution in [3.05, 3.63) is 34.7 Å². The van der Waals surface area contributed by atoms with Gasteiger partial charge in [0.1, 0.15) is 5.82 Å². The lowest BCUT2D eigenvalue weighted by atomic mass is 9.99. The van der Waals surface area contributed by atoms with Gasteiger partial charge in [-0.3, -0.25) is 0 Å². The lowest BCUT2D eigenvalue weighted by molar-refractivity contribution is 0.447. The topological polar surface area (TPSA) is 37.8 Å². The molecule has 4 heteroatoms. The van der Waals surface area contributed by atoms with Crippen LogP contribution in [0, 0.1) is 0 Å². The quantitative estimate of drug-likeness (QED) is 0.878. The number of para-hydroxylation sites is 1. The Morgan fingerprint density at radius 2 is 2.29 bits per heavy atom. The Labute approximate surface area is 109 Å². The number of rotatable bonds is 1. The zero-order chi connectivity index (χ0) is 11.7. The fourth-order valence-corrected chi connectivity index (χ4v) is 2.77. The molecular weight excluding hydrogens is 278 g/mol. The van der Waals surface area contributed by atoms with Crippen molar-refractivity contribution in [3.8, 4) is 0 Å². The van der Waals surface area contributed by atoms with Crippen LogP contribution in [-0.4, -0.2) is 23.1 Å². The molecule has 0 amide bonds. The Morgan fingerprint density at radius 3 is 3.12 bits per heavy atom. The summed E-state index contributed by atoms with van der Waals surface area (Å²) in [5, 5.41) is 4.49. The Balaban J connectivity index is 2.03. The van der Waals surface area contributed by atoms with E-state index in [4.69, 9.17) is 4.98 Å². The molecule has 3 nitrogen and oxygen atoms in total. The second-order valence-corrected chi connectivity index (χ2v) is 5.30. The van der Waals surface area contributed by atoms with E-state index in [1.165, 1.54) is 12.8 Å². The molecule has 2 heterocycles. The van der Waals surface area contributed by atoms with Gasteiger partial charge in [0, 0.05) is 28.5 Å². The highest BCUT2D eigenvalue weighted by Gasteiger charge is 2.18. The smallest absolute Gasteiger partial charge is 0.133 e. The van der Waals surface area contributed by atoms with E-state index in [1.54, 1.807) is 0 Å². The van der Waals surface area contributed by atoms with Gasteiger partial charge in [-0.15, -0.1) is 0 Å². The summed E-state index contributed by atoms with van der Waals surface area (Å²) >= 11 is 3.55. The molecule has 1 aliphatic rings. The minimum atomic E-state index is 0.459. The van der Waals surface area contributed by atoms with Gasteiger partial charge >= 0.3 is 0 Å². The van der Waals surface area contributed by atoms with Crippen molar-refractivity contribution in [1.82, 2.24) is 15.3 Å². The van der Waals surface area contributed by atoms with Crippen molar-refractivity contribution in [2.45, 2.75) is 18.8 Å². The number of fused-ring (bicyclic) bond motifs is 1. The van der Waals surface area contributed by atoms with Crippen LogP contribution in [0.25, 0.3) is 10.9 Å².